The van der Waals surface area contributed by atoms with Gasteiger partial charge >= 0.3 is 5.97 Å². The molecule has 0 spiro atoms. The summed E-state index contributed by atoms with van der Waals surface area (Å²) in [6.45, 7) is 3.58. The van der Waals surface area contributed by atoms with Crippen LogP contribution in [0.4, 0.5) is 0 Å². The van der Waals surface area contributed by atoms with Crippen LogP contribution >= 0.6 is 0 Å². The Hall–Kier alpha value is -2.56. The molecule has 1 N–H and O–H groups in total. The van der Waals surface area contributed by atoms with E-state index in [0.717, 1.165) is 17.2 Å². The second kappa shape index (κ2) is 7.63. The average molecular weight is 315 g/mol. The van der Waals surface area contributed by atoms with Crippen molar-refractivity contribution in [2.75, 3.05) is 13.7 Å². The van der Waals surface area contributed by atoms with Gasteiger partial charge in [-0.3, -0.25) is 4.79 Å². The molecule has 0 bridgehead atoms. The lowest BCUT2D eigenvalue weighted by molar-refractivity contribution is -0.124. The van der Waals surface area contributed by atoms with Gasteiger partial charge in [-0.1, -0.05) is 31.2 Å². The molecule has 5 nitrogen and oxygen atoms in total. The zero-order valence-corrected chi connectivity index (χ0v) is 13.6. The summed E-state index contributed by atoms with van der Waals surface area (Å²) in [5.41, 5.74) is 0.415. The minimum absolute atomic E-state index is 0.0584. The molecule has 0 aliphatic carbocycles. The highest BCUT2D eigenvalue weighted by Gasteiger charge is 2.15. The Kier molecular flexibility index (Phi) is 5.57. The molecule has 0 aliphatic rings. The maximum atomic E-state index is 12.3. The van der Waals surface area contributed by atoms with E-state index in [2.05, 4.69) is 5.32 Å². The van der Waals surface area contributed by atoms with Crippen molar-refractivity contribution in [2.45, 2.75) is 26.3 Å². The molecule has 0 aliphatic heterocycles. The highest BCUT2D eigenvalue weighted by molar-refractivity contribution is 6.06. The first-order chi connectivity index (χ1) is 11.1. The molecule has 1 atom stereocenters. The standard InChI is InChI=1S/C18H21NO4/c1-4-12(2)19-17(20)11-23-18(21)15-9-10-16(22-3)14-8-6-5-7-13(14)15/h5-10,12H,4,11H2,1-3H3,(H,19,20)/t12-/m1/s1. The van der Waals surface area contributed by atoms with Gasteiger partial charge in [0.25, 0.3) is 5.91 Å². The number of esters is 1. The maximum Gasteiger partial charge on any atom is 0.339 e. The zero-order chi connectivity index (χ0) is 16.8. The molecule has 1 amide bonds. The van der Waals surface area contributed by atoms with Gasteiger partial charge in [0.05, 0.1) is 12.7 Å². The summed E-state index contributed by atoms with van der Waals surface area (Å²) in [5, 5.41) is 4.32. The van der Waals surface area contributed by atoms with Crippen LogP contribution in [0.1, 0.15) is 30.6 Å². The Labute approximate surface area is 135 Å². The Morgan fingerprint density at radius 1 is 1.13 bits per heavy atom. The molecule has 0 saturated carbocycles. The summed E-state index contributed by atoms with van der Waals surface area (Å²) in [6.07, 6.45) is 0.822. The molecule has 122 valence electrons. The van der Waals surface area contributed by atoms with Crippen molar-refractivity contribution in [2.24, 2.45) is 0 Å². The number of carbonyl (C=O) groups is 2. The molecule has 2 aromatic rings. The third-order valence-electron chi connectivity index (χ3n) is 3.68. The molecular weight excluding hydrogens is 294 g/mol. The molecule has 0 aromatic heterocycles. The van der Waals surface area contributed by atoms with E-state index in [9.17, 15) is 9.59 Å². The number of methoxy groups -OCH3 is 1. The molecule has 2 rings (SSSR count). The minimum Gasteiger partial charge on any atom is -0.496 e. The van der Waals surface area contributed by atoms with Crippen LogP contribution in [-0.2, 0) is 9.53 Å². The number of benzene rings is 2. The van der Waals surface area contributed by atoms with Gasteiger partial charge in [0.1, 0.15) is 5.75 Å². The van der Waals surface area contributed by atoms with E-state index in [-0.39, 0.29) is 18.6 Å². The third-order valence-corrected chi connectivity index (χ3v) is 3.68. The molecule has 5 heteroatoms. The van der Waals surface area contributed by atoms with Crippen LogP contribution in [0.3, 0.4) is 0 Å². The fourth-order valence-electron chi connectivity index (χ4n) is 2.25. The van der Waals surface area contributed by atoms with Crippen LogP contribution in [0.5, 0.6) is 5.75 Å². The molecule has 23 heavy (non-hydrogen) atoms. The molecule has 0 saturated heterocycles. The van der Waals surface area contributed by atoms with E-state index in [1.807, 2.05) is 38.1 Å². The van der Waals surface area contributed by atoms with E-state index in [0.29, 0.717) is 11.3 Å². The van der Waals surface area contributed by atoms with Crippen molar-refractivity contribution in [1.82, 2.24) is 5.32 Å². The number of fused-ring (bicyclic) bond motifs is 1. The number of amides is 1. The molecule has 2 aromatic carbocycles. The molecule has 0 fully saturated rings. The summed E-state index contributed by atoms with van der Waals surface area (Å²) in [6, 6.07) is 10.8. The van der Waals surface area contributed by atoms with Crippen molar-refractivity contribution >= 4 is 22.6 Å². The second-order valence-corrected chi connectivity index (χ2v) is 5.31. The van der Waals surface area contributed by atoms with Crippen molar-refractivity contribution in [3.63, 3.8) is 0 Å². The predicted molar refractivity (Wildman–Crippen MR) is 88.7 cm³/mol. The van der Waals surface area contributed by atoms with E-state index >= 15 is 0 Å². The van der Waals surface area contributed by atoms with Gasteiger partial charge < -0.3 is 14.8 Å². The summed E-state index contributed by atoms with van der Waals surface area (Å²) < 4.78 is 10.4. The lowest BCUT2D eigenvalue weighted by atomic mass is 10.0. The van der Waals surface area contributed by atoms with Gasteiger partial charge in [-0.2, -0.15) is 0 Å². The number of nitrogens with one attached hydrogen (secondary N) is 1. The van der Waals surface area contributed by atoms with Crippen LogP contribution < -0.4 is 10.1 Å². The van der Waals surface area contributed by atoms with Crippen LogP contribution in [0.15, 0.2) is 36.4 Å². The molecule has 0 heterocycles. The topological polar surface area (TPSA) is 64.6 Å². The first-order valence-electron chi connectivity index (χ1n) is 7.59. The maximum absolute atomic E-state index is 12.3. The van der Waals surface area contributed by atoms with E-state index in [1.165, 1.54) is 0 Å². The van der Waals surface area contributed by atoms with Gasteiger partial charge in [0.2, 0.25) is 0 Å². The smallest absolute Gasteiger partial charge is 0.339 e. The molecule has 0 unspecified atom stereocenters. The fourth-order valence-corrected chi connectivity index (χ4v) is 2.25. The molecular formula is C18H21NO4. The number of hydrogen-bond acceptors (Lipinski definition) is 4. The Morgan fingerprint density at radius 3 is 2.48 bits per heavy atom. The summed E-state index contributed by atoms with van der Waals surface area (Å²) in [5.74, 6) is -0.139. The lowest BCUT2D eigenvalue weighted by Gasteiger charge is -2.12. The number of hydrogen-bond donors (Lipinski definition) is 1. The number of rotatable bonds is 6. The van der Waals surface area contributed by atoms with Crippen LogP contribution in [0, 0.1) is 0 Å². The first kappa shape index (κ1) is 16.8. The predicted octanol–water partition coefficient (Wildman–Crippen LogP) is 2.92. The minimum atomic E-state index is -0.525. The van der Waals surface area contributed by atoms with Crippen molar-refractivity contribution in [1.29, 1.82) is 0 Å². The second-order valence-electron chi connectivity index (χ2n) is 5.31. The summed E-state index contributed by atoms with van der Waals surface area (Å²) in [7, 11) is 1.58. The largest absolute Gasteiger partial charge is 0.496 e. The van der Waals surface area contributed by atoms with Crippen molar-refractivity contribution in [3.05, 3.63) is 42.0 Å². The zero-order valence-electron chi connectivity index (χ0n) is 13.6. The normalized spacial score (nSPS) is 11.8. The van der Waals surface area contributed by atoms with Gasteiger partial charge in [0.15, 0.2) is 6.61 Å². The van der Waals surface area contributed by atoms with Crippen molar-refractivity contribution in [3.8, 4) is 5.75 Å². The molecule has 0 radical (unpaired) electrons. The van der Waals surface area contributed by atoms with Gasteiger partial charge in [-0.05, 0) is 30.9 Å². The Morgan fingerprint density at radius 2 is 1.83 bits per heavy atom. The lowest BCUT2D eigenvalue weighted by Crippen LogP contribution is -2.35. The van der Waals surface area contributed by atoms with Crippen LogP contribution in [-0.4, -0.2) is 31.6 Å². The average Bonchev–Trinajstić information content (AvgIpc) is 2.58. The van der Waals surface area contributed by atoms with E-state index in [4.69, 9.17) is 9.47 Å². The van der Waals surface area contributed by atoms with E-state index in [1.54, 1.807) is 19.2 Å². The van der Waals surface area contributed by atoms with Gasteiger partial charge in [-0.25, -0.2) is 4.79 Å². The highest BCUT2D eigenvalue weighted by Crippen LogP contribution is 2.28. The van der Waals surface area contributed by atoms with Gasteiger partial charge in [0, 0.05) is 11.4 Å². The van der Waals surface area contributed by atoms with Crippen molar-refractivity contribution < 1.29 is 19.1 Å². The highest BCUT2D eigenvalue weighted by atomic mass is 16.5. The SMILES string of the molecule is CC[C@@H](C)NC(=O)COC(=O)c1ccc(OC)c2ccccc12. The van der Waals surface area contributed by atoms with E-state index < -0.39 is 5.97 Å². The summed E-state index contributed by atoms with van der Waals surface area (Å²) >= 11 is 0. The van der Waals surface area contributed by atoms with Crippen LogP contribution in [0.25, 0.3) is 10.8 Å². The monoisotopic (exact) mass is 315 g/mol. The Balaban J connectivity index is 2.14. The Bertz CT molecular complexity index is 711. The van der Waals surface area contributed by atoms with Gasteiger partial charge in [-0.15, -0.1) is 0 Å². The summed E-state index contributed by atoms with van der Waals surface area (Å²) in [4.78, 5) is 24.0. The first-order valence-corrected chi connectivity index (χ1v) is 7.59. The quantitative estimate of drug-likeness (QED) is 0.833. The fraction of sp³-hybridized carbons (Fsp3) is 0.333. The number of carbonyl (C=O) groups excluding carboxylic acids is 2. The van der Waals surface area contributed by atoms with Crippen LogP contribution in [0.2, 0.25) is 0 Å². The number of ether oxygens (including phenoxy) is 2. The third kappa shape index (κ3) is 4.00.